The van der Waals surface area contributed by atoms with Crippen molar-refractivity contribution < 1.29 is 9.53 Å². The zero-order valence-corrected chi connectivity index (χ0v) is 18.8. The van der Waals surface area contributed by atoms with Gasteiger partial charge in [-0.3, -0.25) is 24.6 Å². The molecule has 1 saturated heterocycles. The van der Waals surface area contributed by atoms with Crippen molar-refractivity contribution in [3.63, 3.8) is 0 Å². The second kappa shape index (κ2) is 9.87. The molecule has 1 aliphatic heterocycles. The van der Waals surface area contributed by atoms with Gasteiger partial charge >= 0.3 is 0 Å². The summed E-state index contributed by atoms with van der Waals surface area (Å²) < 4.78 is 5.75. The maximum Gasteiger partial charge on any atom is 0.227 e. The average Bonchev–Trinajstić information content (AvgIpc) is 2.80. The van der Waals surface area contributed by atoms with Gasteiger partial charge in [-0.15, -0.1) is 0 Å². The predicted molar refractivity (Wildman–Crippen MR) is 124 cm³/mol. The minimum atomic E-state index is 0.0181. The molecule has 166 valence electrons. The highest BCUT2D eigenvalue weighted by atomic mass is 16.5. The maximum atomic E-state index is 12.8. The molecule has 0 spiro atoms. The van der Waals surface area contributed by atoms with Gasteiger partial charge in [-0.2, -0.15) is 0 Å². The fourth-order valence-corrected chi connectivity index (χ4v) is 3.87. The lowest BCUT2D eigenvalue weighted by molar-refractivity contribution is -0.121. The molecule has 0 radical (unpaired) electrons. The number of anilines is 1. The van der Waals surface area contributed by atoms with Gasteiger partial charge in [0, 0.05) is 24.3 Å². The van der Waals surface area contributed by atoms with Crippen LogP contribution in [0.5, 0.6) is 11.5 Å². The molecule has 1 aliphatic rings. The number of hydrogen-bond donors (Lipinski definition) is 1. The smallest absolute Gasteiger partial charge is 0.227 e. The van der Waals surface area contributed by atoms with E-state index in [4.69, 9.17) is 9.72 Å². The molecule has 32 heavy (non-hydrogen) atoms. The van der Waals surface area contributed by atoms with Gasteiger partial charge in [0.1, 0.15) is 11.5 Å². The van der Waals surface area contributed by atoms with Crippen molar-refractivity contribution in [1.29, 1.82) is 0 Å². The third-order valence-electron chi connectivity index (χ3n) is 5.90. The van der Waals surface area contributed by atoms with Crippen molar-refractivity contribution >= 4 is 11.6 Å². The molecule has 0 saturated carbocycles. The molecule has 0 bridgehead atoms. The van der Waals surface area contributed by atoms with Crippen LogP contribution in [-0.2, 0) is 11.3 Å². The number of likely N-dealkylation sites (tertiary alicyclic amines) is 1. The first-order chi connectivity index (χ1) is 15.5. The number of carbonyl (C=O) groups is 1. The fourth-order valence-electron chi connectivity index (χ4n) is 3.87. The summed E-state index contributed by atoms with van der Waals surface area (Å²) in [6, 6.07) is 11.1. The minimum absolute atomic E-state index is 0.0181. The number of ether oxygens (including phenoxy) is 1. The molecule has 1 amide bonds. The number of amides is 1. The molecule has 4 rings (SSSR count). The van der Waals surface area contributed by atoms with Gasteiger partial charge in [-0.25, -0.2) is 0 Å². The monoisotopic (exact) mass is 431 g/mol. The summed E-state index contributed by atoms with van der Waals surface area (Å²) in [5.74, 6) is 1.48. The van der Waals surface area contributed by atoms with Crippen LogP contribution in [0.3, 0.4) is 0 Å². The first-order valence-corrected chi connectivity index (χ1v) is 11.0. The highest BCUT2D eigenvalue weighted by Gasteiger charge is 2.25. The van der Waals surface area contributed by atoms with Crippen LogP contribution in [0.25, 0.3) is 0 Å². The Bertz CT molecular complexity index is 1060. The Morgan fingerprint density at radius 3 is 2.41 bits per heavy atom. The number of nitrogens with zero attached hydrogens (tertiary/aromatic N) is 4. The molecule has 7 nitrogen and oxygen atoms in total. The van der Waals surface area contributed by atoms with E-state index in [2.05, 4.69) is 20.2 Å². The summed E-state index contributed by atoms with van der Waals surface area (Å²) in [4.78, 5) is 28.5. The molecule has 1 aromatic carbocycles. The van der Waals surface area contributed by atoms with Gasteiger partial charge in [0.05, 0.1) is 29.0 Å². The Morgan fingerprint density at radius 2 is 1.72 bits per heavy atom. The van der Waals surface area contributed by atoms with E-state index in [0.717, 1.165) is 60.9 Å². The van der Waals surface area contributed by atoms with Gasteiger partial charge < -0.3 is 10.1 Å². The van der Waals surface area contributed by atoms with Crippen LogP contribution in [0.1, 0.15) is 35.6 Å². The largest absolute Gasteiger partial charge is 0.456 e. The summed E-state index contributed by atoms with van der Waals surface area (Å²) >= 11 is 0. The molecule has 0 atom stereocenters. The average molecular weight is 432 g/mol. The number of aryl methyl sites for hydroxylation is 3. The molecule has 3 aromatic rings. The summed E-state index contributed by atoms with van der Waals surface area (Å²) in [6.07, 6.45) is 5.04. The van der Waals surface area contributed by atoms with Crippen molar-refractivity contribution in [2.75, 3.05) is 18.4 Å². The van der Waals surface area contributed by atoms with Gasteiger partial charge in [-0.1, -0.05) is 0 Å². The molecular formula is C25H29N5O2. The highest BCUT2D eigenvalue weighted by molar-refractivity contribution is 5.92. The van der Waals surface area contributed by atoms with Crippen LogP contribution in [0.2, 0.25) is 0 Å². The lowest BCUT2D eigenvalue weighted by Crippen LogP contribution is -2.38. The molecule has 1 N–H and O–H groups in total. The second-order valence-electron chi connectivity index (χ2n) is 8.28. The number of rotatable bonds is 6. The summed E-state index contributed by atoms with van der Waals surface area (Å²) in [6.45, 7) is 8.55. The zero-order valence-electron chi connectivity index (χ0n) is 18.8. The Hall–Kier alpha value is -3.32. The number of piperidine rings is 1. The van der Waals surface area contributed by atoms with Gasteiger partial charge in [-0.05, 0) is 83.1 Å². The van der Waals surface area contributed by atoms with Gasteiger partial charge in [0.15, 0.2) is 0 Å². The lowest BCUT2D eigenvalue weighted by atomic mass is 9.95. The van der Waals surface area contributed by atoms with E-state index in [9.17, 15) is 4.79 Å². The third-order valence-corrected chi connectivity index (χ3v) is 5.90. The van der Waals surface area contributed by atoms with Gasteiger partial charge in [0.2, 0.25) is 5.91 Å². The van der Waals surface area contributed by atoms with Crippen LogP contribution >= 0.6 is 0 Å². The molecule has 0 unspecified atom stereocenters. The van der Waals surface area contributed by atoms with Crippen LogP contribution in [0.4, 0.5) is 5.69 Å². The zero-order chi connectivity index (χ0) is 22.5. The van der Waals surface area contributed by atoms with Crippen molar-refractivity contribution in [3.05, 3.63) is 71.6 Å². The van der Waals surface area contributed by atoms with Crippen LogP contribution in [0.15, 0.2) is 48.8 Å². The summed E-state index contributed by atoms with van der Waals surface area (Å²) in [5.41, 5.74) is 4.76. The Balaban J connectivity index is 1.27. The topological polar surface area (TPSA) is 80.2 Å². The van der Waals surface area contributed by atoms with Crippen molar-refractivity contribution in [2.45, 2.75) is 40.2 Å². The number of benzene rings is 1. The number of nitrogens with one attached hydrogen (secondary N) is 1. The van der Waals surface area contributed by atoms with E-state index in [-0.39, 0.29) is 11.8 Å². The number of hydrogen-bond acceptors (Lipinski definition) is 6. The molecule has 1 fully saturated rings. The van der Waals surface area contributed by atoms with E-state index in [1.807, 2.05) is 57.2 Å². The van der Waals surface area contributed by atoms with Gasteiger partial charge in [0.25, 0.3) is 0 Å². The maximum absolute atomic E-state index is 12.8. The normalized spacial score (nSPS) is 14.8. The van der Waals surface area contributed by atoms with E-state index in [1.54, 1.807) is 12.4 Å². The SMILES string of the molecule is Cc1nc(C)c(CN2CCC(C(=O)Nc3ccc(Oc4cccnc4)cc3)CC2)nc1C. The molecule has 0 aliphatic carbocycles. The summed E-state index contributed by atoms with van der Waals surface area (Å²) in [5, 5.41) is 3.04. The van der Waals surface area contributed by atoms with Crippen LogP contribution < -0.4 is 10.1 Å². The fraction of sp³-hybridized carbons (Fsp3) is 0.360. The first-order valence-electron chi connectivity index (χ1n) is 11.0. The molecule has 7 heteroatoms. The lowest BCUT2D eigenvalue weighted by Gasteiger charge is -2.31. The third kappa shape index (κ3) is 5.48. The molecule has 2 aromatic heterocycles. The van der Waals surface area contributed by atoms with E-state index < -0.39 is 0 Å². The Morgan fingerprint density at radius 1 is 1.00 bits per heavy atom. The second-order valence-corrected chi connectivity index (χ2v) is 8.28. The van der Waals surface area contributed by atoms with Crippen molar-refractivity contribution in [3.8, 4) is 11.5 Å². The van der Waals surface area contributed by atoms with Crippen molar-refractivity contribution in [2.24, 2.45) is 5.92 Å². The first kappa shape index (κ1) is 21.9. The van der Waals surface area contributed by atoms with E-state index in [1.165, 1.54) is 0 Å². The predicted octanol–water partition coefficient (Wildman–Crippen LogP) is 4.44. The van der Waals surface area contributed by atoms with Crippen LogP contribution in [-0.4, -0.2) is 38.8 Å². The molecule has 3 heterocycles. The van der Waals surface area contributed by atoms with Crippen molar-refractivity contribution in [1.82, 2.24) is 19.9 Å². The Labute approximate surface area is 188 Å². The quantitative estimate of drug-likeness (QED) is 0.622. The molecular weight excluding hydrogens is 402 g/mol. The number of carbonyl (C=O) groups excluding carboxylic acids is 1. The number of aromatic nitrogens is 3. The highest BCUT2D eigenvalue weighted by Crippen LogP contribution is 2.24. The summed E-state index contributed by atoms with van der Waals surface area (Å²) in [7, 11) is 0. The minimum Gasteiger partial charge on any atom is -0.456 e. The van der Waals surface area contributed by atoms with E-state index in [0.29, 0.717) is 11.5 Å². The standard InChI is InChI=1S/C25H29N5O2/c1-17-18(2)28-24(19(3)27-17)16-30-13-10-20(11-14-30)25(31)29-21-6-8-22(9-7-21)32-23-5-4-12-26-15-23/h4-9,12,15,20H,10-11,13-14,16H2,1-3H3,(H,29,31). The Kier molecular flexibility index (Phi) is 6.75. The number of pyridine rings is 1. The van der Waals surface area contributed by atoms with Crippen LogP contribution in [0, 0.1) is 26.7 Å². The van der Waals surface area contributed by atoms with E-state index >= 15 is 0 Å².